The molecule has 0 amide bonds. The van der Waals surface area contributed by atoms with Crippen LogP contribution in [0.5, 0.6) is 0 Å². The van der Waals surface area contributed by atoms with E-state index in [9.17, 15) is 0 Å². The van der Waals surface area contributed by atoms with Crippen LogP contribution in [0.15, 0.2) is 158 Å². The molecule has 6 nitrogen and oxygen atoms in total. The molecule has 2 N–H and O–H groups in total. The molecule has 0 aromatic heterocycles. The van der Waals surface area contributed by atoms with Gasteiger partial charge in [-0.25, -0.2) is 0 Å². The molecule has 0 aliphatic carbocycles. The molecule has 0 bridgehead atoms. The van der Waals surface area contributed by atoms with E-state index in [2.05, 4.69) is 170 Å². The molecule has 0 aliphatic rings. The van der Waals surface area contributed by atoms with Crippen LogP contribution < -0.4 is 0 Å². The molecule has 8 heteroatoms. The van der Waals surface area contributed by atoms with Crippen molar-refractivity contribution in [3.8, 4) is 0 Å². The van der Waals surface area contributed by atoms with Gasteiger partial charge in [-0.05, 0) is 128 Å². The van der Waals surface area contributed by atoms with Crippen LogP contribution in [0.1, 0.15) is 128 Å². The van der Waals surface area contributed by atoms with Gasteiger partial charge in [-0.15, -0.1) is 71.3 Å². The van der Waals surface area contributed by atoms with Crippen LogP contribution >= 0.6 is 0 Å². The summed E-state index contributed by atoms with van der Waals surface area (Å²) in [6.45, 7) is 51.6. The fourth-order valence-electron chi connectivity index (χ4n) is 9.34. The predicted molar refractivity (Wildman–Crippen MR) is 370 cm³/mol. The number of benzene rings is 8. The molecule has 0 heterocycles. The molecule has 0 saturated heterocycles. The molecule has 8 aromatic carbocycles. The Morgan fingerprint density at radius 1 is 0.256 bits per heavy atom. The first-order valence-corrected chi connectivity index (χ1v) is 30.2. The number of hydrogen-bond donors (Lipinski definition) is 0. The summed E-state index contributed by atoms with van der Waals surface area (Å²) in [5, 5.41) is 19.4. The minimum absolute atomic E-state index is 0. The first-order valence-electron chi connectivity index (χ1n) is 30.2. The van der Waals surface area contributed by atoms with Gasteiger partial charge < -0.3 is 30.7 Å². The number of para-hydroxylation sites is 2. The molecular formula is C78H102N4O2Zr2. The molecule has 0 saturated carbocycles. The first-order chi connectivity index (χ1) is 40.4. The zero-order valence-electron chi connectivity index (χ0n) is 55.0. The molecular weight excluding hydrogens is 1210 g/mol. The summed E-state index contributed by atoms with van der Waals surface area (Å²) >= 11 is 0. The van der Waals surface area contributed by atoms with Crippen molar-refractivity contribution in [1.82, 2.24) is 0 Å². The van der Waals surface area contributed by atoms with E-state index in [-0.39, 0.29) is 52.4 Å². The van der Waals surface area contributed by atoms with Gasteiger partial charge in [-0.3, -0.25) is 0 Å². The maximum atomic E-state index is 4.86. The van der Waals surface area contributed by atoms with Gasteiger partial charge in [0.1, 0.15) is 26.4 Å². The van der Waals surface area contributed by atoms with E-state index in [4.69, 9.17) is 21.3 Å². The van der Waals surface area contributed by atoms with Gasteiger partial charge in [0.15, 0.2) is 0 Å². The Balaban J connectivity index is 0.000000583. The molecule has 8 rings (SSSR count). The average Bonchev–Trinajstić information content (AvgIpc) is 2.29. The second kappa shape index (κ2) is 44.5. The van der Waals surface area contributed by atoms with Gasteiger partial charge in [0.2, 0.25) is 0 Å². The van der Waals surface area contributed by atoms with Crippen molar-refractivity contribution in [2.75, 3.05) is 52.6 Å². The minimum atomic E-state index is 0. The van der Waals surface area contributed by atoms with Crippen molar-refractivity contribution in [3.63, 3.8) is 0 Å². The molecule has 0 aliphatic heterocycles. The summed E-state index contributed by atoms with van der Waals surface area (Å²) in [5.74, 6) is 0. The number of aryl methyl sites for hydroxylation is 4. The van der Waals surface area contributed by atoms with E-state index >= 15 is 0 Å². The SMILES string of the molecule is CCc1cccc(CC)c1[N-]CC[OH+]CC[N-]c1c(CC)cccc1CC.Cc1c(C)c(C)c([N-]CC[OH+]CC[N-]c2c(C)c(C)c(C)c(C)c2C)c(C)c1C.[CH2-]c1ccccc1.[CH2-]c1ccccc1.[CH2-]c1ccccc1.[CH2-]c1ccccc1.[Zr+3].[Zr+3]. The fourth-order valence-corrected chi connectivity index (χ4v) is 9.34. The molecule has 454 valence electrons. The second-order valence-electron chi connectivity index (χ2n) is 21.0. The van der Waals surface area contributed by atoms with Gasteiger partial charge in [0.05, 0.1) is 0 Å². The van der Waals surface area contributed by atoms with Crippen LogP contribution in [-0.4, -0.2) is 62.1 Å². The standard InChI is InChI=1S/C26H38N2O.C24H34N2O.4C7H7.2Zr/c1-15-17(3)21(7)25(22(8)18(15)4)27-11-13-29-14-12-28-26-23(9)19(5)16(2)20(6)24(26)10;1-5-19-11-9-12-20(6-2)23(19)25-15-17-27-18-16-26-24-21(7-3)13-10-14-22(24)8-4;4*1-7-5-3-2-4-6-7;;/h11-14H2,1-10H3;9-14H,5-8,15-18H2,1-4H3;4*2-6H,1H2;;/q2*-2;4*-1;2*+3/p+2. The Kier molecular flexibility index (Phi) is 40.5. The second-order valence-corrected chi connectivity index (χ2v) is 21.0. The monoisotopic (exact) mass is 1310 g/mol. The largest absolute Gasteiger partial charge is 3.00 e. The first kappa shape index (κ1) is 78.1. The minimum Gasteiger partial charge on any atom is -0.678 e. The summed E-state index contributed by atoms with van der Waals surface area (Å²) in [5.41, 5.74) is 27.7. The number of rotatable bonds is 20. The van der Waals surface area contributed by atoms with Gasteiger partial charge in [-0.2, -0.15) is 98.5 Å². The third kappa shape index (κ3) is 27.4. The molecule has 86 heavy (non-hydrogen) atoms. The molecule has 0 spiro atoms. The van der Waals surface area contributed by atoms with Gasteiger partial charge in [0, 0.05) is 0 Å². The van der Waals surface area contributed by atoms with E-state index < -0.39 is 0 Å². The van der Waals surface area contributed by atoms with E-state index in [1.165, 1.54) is 89.3 Å². The number of ether oxygens (including phenoxy) is 2. The Bertz CT molecular complexity index is 2710. The van der Waals surface area contributed by atoms with Crippen molar-refractivity contribution in [3.05, 3.63) is 307 Å². The van der Waals surface area contributed by atoms with Gasteiger partial charge in [0.25, 0.3) is 0 Å². The normalized spacial score (nSPS) is 9.93. The number of hydrogen-bond acceptors (Lipinski definition) is 0. The van der Waals surface area contributed by atoms with Gasteiger partial charge in [-0.1, -0.05) is 159 Å². The van der Waals surface area contributed by atoms with E-state index in [0.717, 1.165) is 112 Å². The Hall–Kier alpha value is -5.87. The zero-order chi connectivity index (χ0) is 61.8. The Morgan fingerprint density at radius 2 is 0.442 bits per heavy atom. The van der Waals surface area contributed by atoms with E-state index in [1.54, 1.807) is 0 Å². The molecule has 0 unspecified atom stereocenters. The van der Waals surface area contributed by atoms with Crippen LogP contribution in [0.4, 0.5) is 22.7 Å². The number of nitrogens with zero attached hydrogens (tertiary/aromatic N) is 4. The van der Waals surface area contributed by atoms with Crippen LogP contribution in [0.25, 0.3) is 21.3 Å². The van der Waals surface area contributed by atoms with Crippen molar-refractivity contribution >= 4 is 22.7 Å². The van der Waals surface area contributed by atoms with Crippen LogP contribution in [0.2, 0.25) is 0 Å². The van der Waals surface area contributed by atoms with Gasteiger partial charge >= 0.3 is 52.4 Å². The van der Waals surface area contributed by atoms with E-state index in [0.29, 0.717) is 0 Å². The molecule has 2 radical (unpaired) electrons. The third-order valence-corrected chi connectivity index (χ3v) is 15.3. The quantitative estimate of drug-likeness (QED) is 0.0414. The van der Waals surface area contributed by atoms with Crippen LogP contribution in [0.3, 0.4) is 0 Å². The summed E-state index contributed by atoms with van der Waals surface area (Å²) in [6.07, 6.45) is 4.11. The average molecular weight is 1310 g/mol. The smallest absolute Gasteiger partial charge is 0.678 e. The topological polar surface area (TPSA) is 82.0 Å². The van der Waals surface area contributed by atoms with Crippen molar-refractivity contribution in [1.29, 1.82) is 0 Å². The summed E-state index contributed by atoms with van der Waals surface area (Å²) in [6, 6.07) is 52.5. The van der Waals surface area contributed by atoms with Crippen molar-refractivity contribution in [2.24, 2.45) is 0 Å². The molecule has 8 aromatic rings. The van der Waals surface area contributed by atoms with Crippen molar-refractivity contribution < 1.29 is 61.9 Å². The number of aliphatic hydroxyl groups is 4. The molecule has 0 fully saturated rings. The maximum absolute atomic E-state index is 4.86. The van der Waals surface area contributed by atoms with Crippen molar-refractivity contribution in [2.45, 2.75) is 123 Å². The Labute approximate surface area is 562 Å². The van der Waals surface area contributed by atoms with Crippen LogP contribution in [-0.2, 0) is 78.1 Å². The third-order valence-electron chi connectivity index (χ3n) is 15.3. The zero-order valence-corrected chi connectivity index (χ0v) is 59.9. The van der Waals surface area contributed by atoms with Crippen LogP contribution in [0, 0.1) is 96.9 Å². The summed E-state index contributed by atoms with van der Waals surface area (Å²) in [4.78, 5) is 0. The summed E-state index contributed by atoms with van der Waals surface area (Å²) < 4.78 is 9.29. The Morgan fingerprint density at radius 3 is 0.616 bits per heavy atom. The van der Waals surface area contributed by atoms with E-state index in [1.807, 2.05) is 121 Å². The fraction of sp³-hybridized carbons (Fsp3) is 0.333. The maximum Gasteiger partial charge on any atom is 3.00 e. The molecule has 0 atom stereocenters. The predicted octanol–water partition coefficient (Wildman–Crippen LogP) is 20.7. The summed E-state index contributed by atoms with van der Waals surface area (Å²) in [7, 11) is 0.